The van der Waals surface area contributed by atoms with Crippen molar-refractivity contribution >= 4 is 28.8 Å². The Morgan fingerprint density at radius 3 is 2.43 bits per heavy atom. The van der Waals surface area contributed by atoms with Crippen molar-refractivity contribution < 1.29 is 14.7 Å². The molecule has 0 fully saturated rings. The monoisotopic (exact) mass is 329 g/mol. The minimum Gasteiger partial charge on any atom is -0.481 e. The normalized spacial score (nSPS) is 16.2. The van der Waals surface area contributed by atoms with Crippen LogP contribution in [-0.2, 0) is 11.2 Å². The van der Waals surface area contributed by atoms with E-state index in [-0.39, 0.29) is 5.78 Å². The summed E-state index contributed by atoms with van der Waals surface area (Å²) in [4.78, 5) is 28.0. The third-order valence-corrected chi connectivity index (χ3v) is 5.65. The highest BCUT2D eigenvalue weighted by Gasteiger charge is 2.35. The fourth-order valence-electron chi connectivity index (χ4n) is 3.15. The molecule has 1 aliphatic rings. The van der Waals surface area contributed by atoms with E-state index in [9.17, 15) is 14.7 Å². The second kappa shape index (κ2) is 5.81. The van der Waals surface area contributed by atoms with Gasteiger partial charge in [-0.3, -0.25) is 9.59 Å². The molecule has 0 radical (unpaired) electrons. The van der Waals surface area contributed by atoms with Crippen molar-refractivity contribution in [1.82, 2.24) is 0 Å². The molecule has 1 aromatic carbocycles. The zero-order chi connectivity index (χ0) is 16.7. The molecule has 23 heavy (non-hydrogen) atoms. The number of thiophene rings is 1. The molecule has 0 saturated heterocycles. The van der Waals surface area contributed by atoms with Crippen molar-refractivity contribution in [2.45, 2.75) is 25.7 Å². The van der Waals surface area contributed by atoms with Crippen LogP contribution in [0.4, 0.5) is 5.69 Å². The van der Waals surface area contributed by atoms with E-state index in [2.05, 4.69) is 0 Å². The number of carbonyl (C=O) groups excluding carboxylic acids is 1. The molecule has 5 heteroatoms. The zero-order valence-corrected chi connectivity index (χ0v) is 14.2. The van der Waals surface area contributed by atoms with E-state index in [1.807, 2.05) is 50.2 Å². The summed E-state index contributed by atoms with van der Waals surface area (Å²) in [6, 6.07) is 7.53. The number of hydrogen-bond acceptors (Lipinski definition) is 4. The highest BCUT2D eigenvalue weighted by atomic mass is 32.1. The average molecular weight is 329 g/mol. The molecule has 0 amide bonds. The van der Waals surface area contributed by atoms with Gasteiger partial charge in [0.15, 0.2) is 5.78 Å². The molecule has 2 aromatic rings. The molecule has 1 N–H and O–H groups in total. The summed E-state index contributed by atoms with van der Waals surface area (Å²) in [6.45, 7) is 1.91. The minimum absolute atomic E-state index is 0.00338. The first kappa shape index (κ1) is 15.7. The number of hydrogen-bond donors (Lipinski definition) is 1. The summed E-state index contributed by atoms with van der Waals surface area (Å²) in [5.74, 6) is -1.25. The highest BCUT2D eigenvalue weighted by Crippen LogP contribution is 2.43. The number of carboxylic acids is 1. The third kappa shape index (κ3) is 2.65. The smallest absolute Gasteiger partial charge is 0.311 e. The van der Waals surface area contributed by atoms with Gasteiger partial charge in [0.1, 0.15) is 0 Å². The molecule has 1 heterocycles. The first-order valence-corrected chi connectivity index (χ1v) is 8.39. The summed E-state index contributed by atoms with van der Waals surface area (Å²) < 4.78 is 0. The Hall–Kier alpha value is -2.14. The molecule has 4 nitrogen and oxygen atoms in total. The molecular formula is C18H19NO3S. The predicted octanol–water partition coefficient (Wildman–Crippen LogP) is 3.47. The Balaban J connectivity index is 1.98. The Bertz CT molecular complexity index is 774. The van der Waals surface area contributed by atoms with Crippen LogP contribution in [0.5, 0.6) is 0 Å². The van der Waals surface area contributed by atoms with Gasteiger partial charge >= 0.3 is 5.97 Å². The van der Waals surface area contributed by atoms with Gasteiger partial charge < -0.3 is 10.0 Å². The summed E-state index contributed by atoms with van der Waals surface area (Å²) in [7, 11) is 3.91. The van der Waals surface area contributed by atoms with E-state index < -0.39 is 11.9 Å². The second-order valence-electron chi connectivity index (χ2n) is 6.08. The van der Waals surface area contributed by atoms with Crippen LogP contribution in [0.2, 0.25) is 0 Å². The van der Waals surface area contributed by atoms with Crippen LogP contribution in [0.15, 0.2) is 24.3 Å². The fraction of sp³-hybridized carbons (Fsp3) is 0.333. The SMILES string of the molecule is Cc1sc2c(c1C(=O)c1ccc(N(C)C)cc1)CCC2C(=O)O. The topological polar surface area (TPSA) is 57.6 Å². The van der Waals surface area contributed by atoms with E-state index in [0.717, 1.165) is 21.0 Å². The number of aryl methyl sites for hydroxylation is 1. The van der Waals surface area contributed by atoms with Gasteiger partial charge in [0.2, 0.25) is 0 Å². The van der Waals surface area contributed by atoms with Crippen LogP contribution in [0, 0.1) is 6.92 Å². The molecule has 0 spiro atoms. The Kier molecular flexibility index (Phi) is 3.98. The van der Waals surface area contributed by atoms with Gasteiger partial charge in [-0.15, -0.1) is 11.3 Å². The number of carbonyl (C=O) groups is 2. The lowest BCUT2D eigenvalue weighted by molar-refractivity contribution is -0.138. The molecule has 1 unspecified atom stereocenters. The van der Waals surface area contributed by atoms with Gasteiger partial charge in [-0.05, 0) is 49.6 Å². The number of aliphatic carboxylic acids is 1. The van der Waals surface area contributed by atoms with Gasteiger partial charge in [-0.25, -0.2) is 0 Å². The van der Waals surface area contributed by atoms with Crippen molar-refractivity contribution in [3.05, 3.63) is 50.7 Å². The highest BCUT2D eigenvalue weighted by molar-refractivity contribution is 7.12. The Morgan fingerprint density at radius 2 is 1.87 bits per heavy atom. The molecule has 0 saturated carbocycles. The molecular weight excluding hydrogens is 310 g/mol. The van der Waals surface area contributed by atoms with E-state index in [1.54, 1.807) is 0 Å². The van der Waals surface area contributed by atoms with Crippen LogP contribution in [0.25, 0.3) is 0 Å². The standard InChI is InChI=1S/C18H19NO3S/c1-10-15(13-8-9-14(18(21)22)17(13)23-10)16(20)11-4-6-12(7-5-11)19(2)3/h4-7,14H,8-9H2,1-3H3,(H,21,22). The van der Waals surface area contributed by atoms with E-state index in [4.69, 9.17) is 0 Å². The zero-order valence-electron chi connectivity index (χ0n) is 13.4. The number of carboxylic acid groups (broad SMARTS) is 1. The quantitative estimate of drug-likeness (QED) is 0.873. The van der Waals surface area contributed by atoms with E-state index in [1.165, 1.54) is 11.3 Å². The fourth-order valence-corrected chi connectivity index (χ4v) is 4.49. The van der Waals surface area contributed by atoms with Crippen LogP contribution in [-0.4, -0.2) is 31.0 Å². The minimum atomic E-state index is -0.792. The number of benzene rings is 1. The van der Waals surface area contributed by atoms with Crippen molar-refractivity contribution in [1.29, 1.82) is 0 Å². The van der Waals surface area contributed by atoms with Gasteiger partial charge in [0.25, 0.3) is 0 Å². The lowest BCUT2D eigenvalue weighted by Crippen LogP contribution is -2.09. The number of fused-ring (bicyclic) bond motifs is 1. The molecule has 0 bridgehead atoms. The largest absolute Gasteiger partial charge is 0.481 e. The van der Waals surface area contributed by atoms with Gasteiger partial charge in [-0.2, -0.15) is 0 Å². The molecule has 1 aromatic heterocycles. The summed E-state index contributed by atoms with van der Waals surface area (Å²) in [6.07, 6.45) is 1.27. The summed E-state index contributed by atoms with van der Waals surface area (Å²) in [5, 5.41) is 9.32. The summed E-state index contributed by atoms with van der Waals surface area (Å²) >= 11 is 1.46. The van der Waals surface area contributed by atoms with Crippen LogP contribution in [0.1, 0.15) is 43.6 Å². The molecule has 3 rings (SSSR count). The molecule has 1 aliphatic carbocycles. The number of anilines is 1. The van der Waals surface area contributed by atoms with Crippen molar-refractivity contribution in [2.24, 2.45) is 0 Å². The van der Waals surface area contributed by atoms with Gasteiger partial charge in [0.05, 0.1) is 5.92 Å². The number of nitrogens with zero attached hydrogens (tertiary/aromatic N) is 1. The Morgan fingerprint density at radius 1 is 1.22 bits per heavy atom. The molecule has 0 aliphatic heterocycles. The van der Waals surface area contributed by atoms with Crippen LogP contribution < -0.4 is 4.90 Å². The van der Waals surface area contributed by atoms with Gasteiger partial charge in [0, 0.05) is 40.7 Å². The molecule has 120 valence electrons. The lowest BCUT2D eigenvalue weighted by atomic mass is 9.99. The van der Waals surface area contributed by atoms with Crippen molar-refractivity contribution in [3.8, 4) is 0 Å². The van der Waals surface area contributed by atoms with Crippen LogP contribution >= 0.6 is 11.3 Å². The lowest BCUT2D eigenvalue weighted by Gasteiger charge is -2.12. The van der Waals surface area contributed by atoms with Crippen molar-refractivity contribution in [2.75, 3.05) is 19.0 Å². The maximum atomic E-state index is 12.9. The first-order chi connectivity index (χ1) is 10.9. The Labute approximate surface area is 139 Å². The second-order valence-corrected chi connectivity index (χ2v) is 7.33. The molecule has 1 atom stereocenters. The average Bonchev–Trinajstić information content (AvgIpc) is 3.04. The predicted molar refractivity (Wildman–Crippen MR) is 92.0 cm³/mol. The van der Waals surface area contributed by atoms with E-state index in [0.29, 0.717) is 24.0 Å². The number of ketones is 1. The number of rotatable bonds is 4. The maximum Gasteiger partial charge on any atom is 0.311 e. The summed E-state index contributed by atoms with van der Waals surface area (Å²) in [5.41, 5.74) is 3.35. The van der Waals surface area contributed by atoms with Crippen molar-refractivity contribution in [3.63, 3.8) is 0 Å². The maximum absolute atomic E-state index is 12.9. The van der Waals surface area contributed by atoms with E-state index >= 15 is 0 Å². The third-order valence-electron chi connectivity index (χ3n) is 4.38. The first-order valence-electron chi connectivity index (χ1n) is 7.57. The van der Waals surface area contributed by atoms with Gasteiger partial charge in [-0.1, -0.05) is 0 Å². The van der Waals surface area contributed by atoms with Crippen LogP contribution in [0.3, 0.4) is 0 Å².